The maximum absolute atomic E-state index is 6.55. The molecule has 19 heavy (non-hydrogen) atoms. The summed E-state index contributed by atoms with van der Waals surface area (Å²) in [6.07, 6.45) is 0.968. The molecular formula is C16H15ClO2. The molecule has 1 aliphatic rings. The van der Waals surface area contributed by atoms with Crippen LogP contribution in [-0.2, 0) is 6.42 Å². The zero-order chi connectivity index (χ0) is 13.2. The standard InChI is InChI=1S/C16H15ClO2/c1-18-14-5-2-11(3-6-14)16(17)13-4-7-15-12(10-13)8-9-19-15/h2-7,10,16H,8-9H2,1H3. The molecule has 98 valence electrons. The number of benzene rings is 2. The van der Waals surface area contributed by atoms with Crippen LogP contribution >= 0.6 is 11.6 Å². The van der Waals surface area contributed by atoms with Crippen LogP contribution in [0.1, 0.15) is 22.1 Å². The Kier molecular flexibility index (Phi) is 3.34. The molecule has 1 heterocycles. The second-order valence-electron chi connectivity index (χ2n) is 4.60. The molecule has 0 bridgehead atoms. The van der Waals surface area contributed by atoms with Crippen LogP contribution in [0.5, 0.6) is 11.5 Å². The lowest BCUT2D eigenvalue weighted by Crippen LogP contribution is -1.94. The average molecular weight is 275 g/mol. The number of rotatable bonds is 3. The Balaban J connectivity index is 1.88. The third-order valence-electron chi connectivity index (χ3n) is 3.41. The number of alkyl halides is 1. The Morgan fingerprint density at radius 2 is 1.84 bits per heavy atom. The molecule has 0 saturated heterocycles. The predicted octanol–water partition coefficient (Wildman–Crippen LogP) is 3.96. The van der Waals surface area contributed by atoms with Crippen molar-refractivity contribution in [2.45, 2.75) is 11.8 Å². The van der Waals surface area contributed by atoms with Crippen molar-refractivity contribution >= 4 is 11.6 Å². The minimum Gasteiger partial charge on any atom is -0.497 e. The van der Waals surface area contributed by atoms with Crippen molar-refractivity contribution in [2.75, 3.05) is 13.7 Å². The van der Waals surface area contributed by atoms with Gasteiger partial charge in [-0.3, -0.25) is 0 Å². The molecule has 2 aromatic carbocycles. The normalized spacial score (nSPS) is 14.6. The fourth-order valence-electron chi connectivity index (χ4n) is 2.33. The Labute approximate surface area is 117 Å². The molecule has 1 atom stereocenters. The van der Waals surface area contributed by atoms with E-state index in [0.29, 0.717) is 0 Å². The summed E-state index contributed by atoms with van der Waals surface area (Å²) < 4.78 is 10.7. The second-order valence-corrected chi connectivity index (χ2v) is 5.04. The molecule has 0 radical (unpaired) electrons. The first-order chi connectivity index (χ1) is 9.28. The van der Waals surface area contributed by atoms with Gasteiger partial charge in [0.25, 0.3) is 0 Å². The van der Waals surface area contributed by atoms with E-state index in [0.717, 1.165) is 35.7 Å². The van der Waals surface area contributed by atoms with Gasteiger partial charge in [-0.05, 0) is 34.9 Å². The number of fused-ring (bicyclic) bond motifs is 1. The van der Waals surface area contributed by atoms with Gasteiger partial charge in [0.2, 0.25) is 0 Å². The summed E-state index contributed by atoms with van der Waals surface area (Å²) in [6, 6.07) is 14.1. The molecule has 0 amide bonds. The minimum absolute atomic E-state index is 0.142. The Hall–Kier alpha value is -1.67. The van der Waals surface area contributed by atoms with Gasteiger partial charge in [-0.1, -0.05) is 24.3 Å². The van der Waals surface area contributed by atoms with Crippen LogP contribution in [0.4, 0.5) is 0 Å². The molecule has 3 heteroatoms. The highest BCUT2D eigenvalue weighted by atomic mass is 35.5. The summed E-state index contributed by atoms with van der Waals surface area (Å²) in [4.78, 5) is 0. The van der Waals surface area contributed by atoms with Crippen molar-refractivity contribution in [3.05, 3.63) is 59.2 Å². The summed E-state index contributed by atoms with van der Waals surface area (Å²) >= 11 is 6.55. The number of halogens is 1. The van der Waals surface area contributed by atoms with Gasteiger partial charge in [-0.25, -0.2) is 0 Å². The van der Waals surface area contributed by atoms with Gasteiger partial charge in [0.05, 0.1) is 19.1 Å². The summed E-state index contributed by atoms with van der Waals surface area (Å²) in [7, 11) is 1.66. The second kappa shape index (κ2) is 5.14. The van der Waals surface area contributed by atoms with Crippen molar-refractivity contribution in [1.29, 1.82) is 0 Å². The van der Waals surface area contributed by atoms with Gasteiger partial charge in [0.15, 0.2) is 0 Å². The molecule has 0 fully saturated rings. The Morgan fingerprint density at radius 1 is 1.11 bits per heavy atom. The van der Waals surface area contributed by atoms with Crippen LogP contribution in [0.15, 0.2) is 42.5 Å². The van der Waals surface area contributed by atoms with E-state index in [4.69, 9.17) is 21.1 Å². The average Bonchev–Trinajstić information content (AvgIpc) is 2.94. The van der Waals surface area contributed by atoms with E-state index in [1.165, 1.54) is 5.56 Å². The monoisotopic (exact) mass is 274 g/mol. The van der Waals surface area contributed by atoms with E-state index >= 15 is 0 Å². The van der Waals surface area contributed by atoms with Crippen molar-refractivity contribution in [3.63, 3.8) is 0 Å². The van der Waals surface area contributed by atoms with Gasteiger partial charge >= 0.3 is 0 Å². The third kappa shape index (κ3) is 2.41. The molecule has 3 rings (SSSR count). The van der Waals surface area contributed by atoms with Gasteiger partial charge in [0, 0.05) is 6.42 Å². The molecule has 2 aromatic rings. The molecule has 0 spiro atoms. The molecule has 0 aromatic heterocycles. The number of ether oxygens (including phenoxy) is 2. The lowest BCUT2D eigenvalue weighted by molar-refractivity contribution is 0.357. The minimum atomic E-state index is -0.142. The lowest BCUT2D eigenvalue weighted by atomic mass is 10.0. The summed E-state index contributed by atoms with van der Waals surface area (Å²) in [6.45, 7) is 0.772. The molecule has 1 aliphatic heterocycles. The van der Waals surface area contributed by atoms with E-state index in [-0.39, 0.29) is 5.38 Å². The fraction of sp³-hybridized carbons (Fsp3) is 0.250. The first-order valence-electron chi connectivity index (χ1n) is 6.31. The smallest absolute Gasteiger partial charge is 0.122 e. The van der Waals surface area contributed by atoms with Crippen LogP contribution in [-0.4, -0.2) is 13.7 Å². The Bertz CT molecular complexity index is 578. The number of hydrogen-bond acceptors (Lipinski definition) is 2. The Morgan fingerprint density at radius 3 is 2.58 bits per heavy atom. The van der Waals surface area contributed by atoms with Crippen LogP contribution in [0.3, 0.4) is 0 Å². The summed E-state index contributed by atoms with van der Waals surface area (Å²) in [5, 5.41) is -0.142. The van der Waals surface area contributed by atoms with Crippen molar-refractivity contribution < 1.29 is 9.47 Å². The molecule has 0 N–H and O–H groups in total. The highest BCUT2D eigenvalue weighted by molar-refractivity contribution is 6.22. The van der Waals surface area contributed by atoms with Gasteiger partial charge in [0.1, 0.15) is 11.5 Å². The van der Waals surface area contributed by atoms with Crippen LogP contribution in [0.2, 0.25) is 0 Å². The fourth-order valence-corrected chi connectivity index (χ4v) is 2.61. The SMILES string of the molecule is COc1ccc(C(Cl)c2ccc3c(c2)CCO3)cc1. The zero-order valence-corrected chi connectivity index (χ0v) is 11.5. The largest absolute Gasteiger partial charge is 0.497 e. The van der Waals surface area contributed by atoms with E-state index in [9.17, 15) is 0 Å². The van der Waals surface area contributed by atoms with E-state index in [1.807, 2.05) is 36.4 Å². The first-order valence-corrected chi connectivity index (χ1v) is 6.75. The first kappa shape index (κ1) is 12.4. The molecule has 0 aliphatic carbocycles. The van der Waals surface area contributed by atoms with Crippen molar-refractivity contribution in [3.8, 4) is 11.5 Å². The van der Waals surface area contributed by atoms with Gasteiger partial charge < -0.3 is 9.47 Å². The van der Waals surface area contributed by atoms with Crippen LogP contribution in [0.25, 0.3) is 0 Å². The zero-order valence-electron chi connectivity index (χ0n) is 10.7. The van der Waals surface area contributed by atoms with Crippen LogP contribution in [0, 0.1) is 0 Å². The highest BCUT2D eigenvalue weighted by Crippen LogP contribution is 2.34. The van der Waals surface area contributed by atoms with E-state index < -0.39 is 0 Å². The van der Waals surface area contributed by atoms with Crippen molar-refractivity contribution in [1.82, 2.24) is 0 Å². The predicted molar refractivity (Wildman–Crippen MR) is 76.3 cm³/mol. The molecule has 1 unspecified atom stereocenters. The molecule has 0 saturated carbocycles. The van der Waals surface area contributed by atoms with Gasteiger partial charge in [-0.2, -0.15) is 0 Å². The lowest BCUT2D eigenvalue weighted by Gasteiger charge is -2.12. The maximum Gasteiger partial charge on any atom is 0.122 e. The number of hydrogen-bond donors (Lipinski definition) is 0. The maximum atomic E-state index is 6.55. The van der Waals surface area contributed by atoms with E-state index in [1.54, 1.807) is 7.11 Å². The number of methoxy groups -OCH3 is 1. The molecular weight excluding hydrogens is 260 g/mol. The summed E-state index contributed by atoms with van der Waals surface area (Å²) in [5.41, 5.74) is 3.43. The van der Waals surface area contributed by atoms with E-state index in [2.05, 4.69) is 6.07 Å². The van der Waals surface area contributed by atoms with Gasteiger partial charge in [-0.15, -0.1) is 11.6 Å². The quantitative estimate of drug-likeness (QED) is 0.789. The molecule has 2 nitrogen and oxygen atoms in total. The highest BCUT2D eigenvalue weighted by Gasteiger charge is 2.16. The third-order valence-corrected chi connectivity index (χ3v) is 3.92. The summed E-state index contributed by atoms with van der Waals surface area (Å²) in [5.74, 6) is 1.83. The van der Waals surface area contributed by atoms with Crippen molar-refractivity contribution in [2.24, 2.45) is 0 Å². The topological polar surface area (TPSA) is 18.5 Å². The van der Waals surface area contributed by atoms with Crippen LogP contribution < -0.4 is 9.47 Å².